The summed E-state index contributed by atoms with van der Waals surface area (Å²) in [6.07, 6.45) is 0. The summed E-state index contributed by atoms with van der Waals surface area (Å²) in [6, 6.07) is 14.1. The molecule has 0 saturated heterocycles. The second-order valence-electron chi connectivity index (χ2n) is 4.79. The lowest BCUT2D eigenvalue weighted by molar-refractivity contribution is -0.113. The van der Waals surface area contributed by atoms with Gasteiger partial charge in [0.25, 0.3) is 0 Å². The SMILES string of the molecule is Cc1ccc(NC(=O)CSCc2ccccc2C#N)c(F)c1. The monoisotopic (exact) mass is 314 g/mol. The summed E-state index contributed by atoms with van der Waals surface area (Å²) >= 11 is 1.39. The first-order valence-corrected chi connectivity index (χ1v) is 7.87. The fourth-order valence-electron chi connectivity index (χ4n) is 1.92. The van der Waals surface area contributed by atoms with E-state index < -0.39 is 5.82 Å². The number of nitriles is 1. The van der Waals surface area contributed by atoms with Gasteiger partial charge in [-0.3, -0.25) is 4.79 Å². The summed E-state index contributed by atoms with van der Waals surface area (Å²) in [6.45, 7) is 1.79. The van der Waals surface area contributed by atoms with Crippen LogP contribution in [0.1, 0.15) is 16.7 Å². The molecular formula is C17H15FN2OS. The molecule has 0 radical (unpaired) electrons. The average molecular weight is 314 g/mol. The number of carbonyl (C=O) groups excluding carboxylic acids is 1. The number of carbonyl (C=O) groups is 1. The number of halogens is 1. The van der Waals surface area contributed by atoms with Crippen LogP contribution in [0, 0.1) is 24.1 Å². The molecule has 0 aliphatic carbocycles. The van der Waals surface area contributed by atoms with Crippen molar-refractivity contribution >= 4 is 23.4 Å². The maximum absolute atomic E-state index is 13.6. The zero-order valence-electron chi connectivity index (χ0n) is 12.1. The van der Waals surface area contributed by atoms with E-state index in [-0.39, 0.29) is 17.3 Å². The lowest BCUT2D eigenvalue weighted by Gasteiger charge is -2.07. The number of amides is 1. The van der Waals surface area contributed by atoms with Gasteiger partial charge in [0, 0.05) is 5.75 Å². The lowest BCUT2D eigenvalue weighted by atomic mass is 10.1. The lowest BCUT2D eigenvalue weighted by Crippen LogP contribution is -2.15. The van der Waals surface area contributed by atoms with Gasteiger partial charge in [-0.2, -0.15) is 5.26 Å². The minimum Gasteiger partial charge on any atom is -0.323 e. The third-order valence-corrected chi connectivity index (χ3v) is 4.01. The third kappa shape index (κ3) is 4.34. The van der Waals surface area contributed by atoms with E-state index in [9.17, 15) is 9.18 Å². The number of thioether (sulfide) groups is 1. The molecule has 0 spiro atoms. The fourth-order valence-corrected chi connectivity index (χ4v) is 2.75. The van der Waals surface area contributed by atoms with Crippen molar-refractivity contribution in [3.63, 3.8) is 0 Å². The van der Waals surface area contributed by atoms with Gasteiger partial charge in [0.15, 0.2) is 0 Å². The predicted octanol–water partition coefficient (Wildman–Crippen LogP) is 3.88. The number of nitrogens with one attached hydrogen (secondary N) is 1. The molecule has 0 aromatic heterocycles. The quantitative estimate of drug-likeness (QED) is 0.911. The molecule has 0 unspecified atom stereocenters. The molecule has 0 bridgehead atoms. The van der Waals surface area contributed by atoms with Gasteiger partial charge < -0.3 is 5.32 Å². The highest BCUT2D eigenvalue weighted by atomic mass is 32.2. The maximum atomic E-state index is 13.6. The topological polar surface area (TPSA) is 52.9 Å². The molecule has 3 nitrogen and oxygen atoms in total. The van der Waals surface area contributed by atoms with E-state index in [1.807, 2.05) is 12.1 Å². The second kappa shape index (κ2) is 7.62. The van der Waals surface area contributed by atoms with E-state index in [0.717, 1.165) is 11.1 Å². The van der Waals surface area contributed by atoms with Crippen LogP contribution in [0.2, 0.25) is 0 Å². The van der Waals surface area contributed by atoms with E-state index in [2.05, 4.69) is 11.4 Å². The van der Waals surface area contributed by atoms with Crippen molar-refractivity contribution in [1.82, 2.24) is 0 Å². The molecule has 0 atom stereocenters. The second-order valence-corrected chi connectivity index (χ2v) is 5.78. The van der Waals surface area contributed by atoms with E-state index in [1.165, 1.54) is 17.8 Å². The zero-order chi connectivity index (χ0) is 15.9. The molecule has 1 N–H and O–H groups in total. The van der Waals surface area contributed by atoms with Crippen molar-refractivity contribution < 1.29 is 9.18 Å². The Bertz CT molecular complexity index is 725. The first-order chi connectivity index (χ1) is 10.6. The molecule has 112 valence electrons. The van der Waals surface area contributed by atoms with Crippen LogP contribution in [0.25, 0.3) is 0 Å². The fraction of sp³-hybridized carbons (Fsp3) is 0.176. The number of nitrogens with zero attached hydrogens (tertiary/aromatic N) is 1. The standard InChI is InChI=1S/C17H15FN2OS/c1-12-6-7-16(15(18)8-12)20-17(21)11-22-10-14-5-3-2-4-13(14)9-19/h2-8H,10-11H2,1H3,(H,20,21). The number of aryl methyl sites for hydroxylation is 1. The average Bonchev–Trinajstić information content (AvgIpc) is 2.50. The van der Waals surface area contributed by atoms with Crippen molar-refractivity contribution in [2.75, 3.05) is 11.1 Å². The van der Waals surface area contributed by atoms with Crippen LogP contribution >= 0.6 is 11.8 Å². The van der Waals surface area contributed by atoms with Crippen molar-refractivity contribution in [2.24, 2.45) is 0 Å². The van der Waals surface area contributed by atoms with Crippen LogP contribution in [0.15, 0.2) is 42.5 Å². The molecule has 0 fully saturated rings. The molecule has 22 heavy (non-hydrogen) atoms. The number of benzene rings is 2. The molecule has 0 aliphatic heterocycles. The minimum absolute atomic E-state index is 0.189. The first kappa shape index (κ1) is 16.1. The summed E-state index contributed by atoms with van der Waals surface area (Å²) in [5.41, 5.74) is 2.50. The van der Waals surface area contributed by atoms with Crippen LogP contribution in [0.4, 0.5) is 10.1 Å². The van der Waals surface area contributed by atoms with Gasteiger partial charge in [0.1, 0.15) is 5.82 Å². The molecular weight excluding hydrogens is 299 g/mol. The molecule has 0 heterocycles. The Kier molecular flexibility index (Phi) is 5.56. The Morgan fingerprint density at radius 3 is 2.82 bits per heavy atom. The zero-order valence-corrected chi connectivity index (χ0v) is 12.9. The Morgan fingerprint density at radius 1 is 1.32 bits per heavy atom. The number of anilines is 1. The highest BCUT2D eigenvalue weighted by molar-refractivity contribution is 7.99. The summed E-state index contributed by atoms with van der Waals surface area (Å²) in [4.78, 5) is 11.8. The van der Waals surface area contributed by atoms with Crippen molar-refractivity contribution in [3.05, 3.63) is 65.0 Å². The Labute approximate surface area is 133 Å². The van der Waals surface area contributed by atoms with Crippen molar-refractivity contribution in [3.8, 4) is 6.07 Å². The number of hydrogen-bond acceptors (Lipinski definition) is 3. The smallest absolute Gasteiger partial charge is 0.234 e. The normalized spacial score (nSPS) is 10.0. The van der Waals surface area contributed by atoms with E-state index in [0.29, 0.717) is 11.3 Å². The molecule has 1 amide bonds. The first-order valence-electron chi connectivity index (χ1n) is 6.72. The van der Waals surface area contributed by atoms with E-state index in [1.54, 1.807) is 31.2 Å². The van der Waals surface area contributed by atoms with E-state index >= 15 is 0 Å². The highest BCUT2D eigenvalue weighted by Crippen LogP contribution is 2.18. The van der Waals surface area contributed by atoms with Crippen molar-refractivity contribution in [1.29, 1.82) is 5.26 Å². The third-order valence-electron chi connectivity index (χ3n) is 3.03. The van der Waals surface area contributed by atoms with Crippen LogP contribution < -0.4 is 5.32 Å². The molecule has 2 aromatic carbocycles. The Balaban J connectivity index is 1.87. The Morgan fingerprint density at radius 2 is 2.09 bits per heavy atom. The van der Waals surface area contributed by atoms with E-state index in [4.69, 9.17) is 5.26 Å². The largest absolute Gasteiger partial charge is 0.323 e. The van der Waals surface area contributed by atoms with Crippen LogP contribution in [-0.4, -0.2) is 11.7 Å². The van der Waals surface area contributed by atoms with Gasteiger partial charge in [0.05, 0.1) is 23.1 Å². The molecule has 0 saturated carbocycles. The maximum Gasteiger partial charge on any atom is 0.234 e. The predicted molar refractivity (Wildman–Crippen MR) is 87.1 cm³/mol. The van der Waals surface area contributed by atoms with Gasteiger partial charge in [-0.05, 0) is 36.2 Å². The summed E-state index contributed by atoms with van der Waals surface area (Å²) in [5, 5.41) is 11.5. The molecule has 2 rings (SSSR count). The number of rotatable bonds is 5. The highest BCUT2D eigenvalue weighted by Gasteiger charge is 2.08. The minimum atomic E-state index is -0.437. The van der Waals surface area contributed by atoms with Crippen molar-refractivity contribution in [2.45, 2.75) is 12.7 Å². The molecule has 5 heteroatoms. The summed E-state index contributed by atoms with van der Waals surface area (Å²) in [7, 11) is 0. The summed E-state index contributed by atoms with van der Waals surface area (Å²) in [5.74, 6) is 0.0658. The van der Waals surface area contributed by atoms with Gasteiger partial charge in [-0.25, -0.2) is 4.39 Å². The number of hydrogen-bond donors (Lipinski definition) is 1. The molecule has 2 aromatic rings. The van der Waals surface area contributed by atoms with Gasteiger partial charge in [-0.15, -0.1) is 11.8 Å². The van der Waals surface area contributed by atoms with Crippen LogP contribution in [0.3, 0.4) is 0 Å². The summed E-state index contributed by atoms with van der Waals surface area (Å²) < 4.78 is 13.6. The van der Waals surface area contributed by atoms with Gasteiger partial charge >= 0.3 is 0 Å². The van der Waals surface area contributed by atoms with Crippen LogP contribution in [0.5, 0.6) is 0 Å². The van der Waals surface area contributed by atoms with Gasteiger partial charge in [0.2, 0.25) is 5.91 Å². The van der Waals surface area contributed by atoms with Gasteiger partial charge in [-0.1, -0.05) is 24.3 Å². The van der Waals surface area contributed by atoms with Crippen LogP contribution in [-0.2, 0) is 10.5 Å². The molecule has 0 aliphatic rings. The Hall–Kier alpha value is -2.32.